The SMILES string of the molecule is CCOc1ccc(NC(=O)C(CC)Sc2cccc(NC(=O)c3ccc(OC)c(OC)c3)c2)cc1. The predicted octanol–water partition coefficient (Wildman–Crippen LogP) is 5.86. The van der Waals surface area contributed by atoms with Crippen LogP contribution in [0.2, 0.25) is 0 Å². The first kappa shape index (κ1) is 26.0. The van der Waals surface area contributed by atoms with Gasteiger partial charge < -0.3 is 24.8 Å². The number of rotatable bonds is 11. The number of carbonyl (C=O) groups is 2. The standard InChI is InChI=1S/C27H30N2O5S/c1-5-25(27(31)28-19-11-13-21(14-12-19)34-6-2)35-22-9-7-8-20(17-22)29-26(30)18-10-15-23(32-3)24(16-18)33-4/h7-17,25H,5-6H2,1-4H3,(H,28,31)(H,29,30). The maximum absolute atomic E-state index is 12.9. The van der Waals surface area contributed by atoms with Gasteiger partial charge in [0.2, 0.25) is 5.91 Å². The maximum Gasteiger partial charge on any atom is 0.255 e. The van der Waals surface area contributed by atoms with Crippen LogP contribution in [0, 0.1) is 0 Å². The first-order chi connectivity index (χ1) is 17.0. The third-order valence-electron chi connectivity index (χ3n) is 5.11. The highest BCUT2D eigenvalue weighted by Crippen LogP contribution is 2.30. The van der Waals surface area contributed by atoms with Gasteiger partial charge in [-0.3, -0.25) is 9.59 Å². The summed E-state index contributed by atoms with van der Waals surface area (Å²) in [6.45, 7) is 4.49. The van der Waals surface area contributed by atoms with Gasteiger partial charge in [0.05, 0.1) is 26.1 Å². The van der Waals surface area contributed by atoms with E-state index in [0.29, 0.717) is 41.5 Å². The smallest absolute Gasteiger partial charge is 0.255 e. The molecule has 0 aliphatic rings. The minimum absolute atomic E-state index is 0.0820. The summed E-state index contributed by atoms with van der Waals surface area (Å²) in [4.78, 5) is 26.5. The van der Waals surface area contributed by atoms with E-state index < -0.39 is 0 Å². The van der Waals surface area contributed by atoms with E-state index in [9.17, 15) is 9.59 Å². The van der Waals surface area contributed by atoms with Crippen LogP contribution in [-0.4, -0.2) is 37.9 Å². The van der Waals surface area contributed by atoms with Crippen molar-refractivity contribution < 1.29 is 23.8 Å². The lowest BCUT2D eigenvalue weighted by atomic mass is 10.2. The van der Waals surface area contributed by atoms with Crippen molar-refractivity contribution in [2.45, 2.75) is 30.4 Å². The van der Waals surface area contributed by atoms with Crippen molar-refractivity contribution in [2.75, 3.05) is 31.5 Å². The van der Waals surface area contributed by atoms with Crippen molar-refractivity contribution in [1.82, 2.24) is 0 Å². The van der Waals surface area contributed by atoms with Gasteiger partial charge in [0.15, 0.2) is 11.5 Å². The average molecular weight is 495 g/mol. The summed E-state index contributed by atoms with van der Waals surface area (Å²) in [6, 6.07) is 19.7. The highest BCUT2D eigenvalue weighted by Gasteiger charge is 2.19. The van der Waals surface area contributed by atoms with E-state index in [1.807, 2.05) is 62.4 Å². The molecule has 2 amide bonds. The highest BCUT2D eigenvalue weighted by molar-refractivity contribution is 8.00. The van der Waals surface area contributed by atoms with Gasteiger partial charge in [-0.05, 0) is 74.0 Å². The van der Waals surface area contributed by atoms with Crippen molar-refractivity contribution in [2.24, 2.45) is 0 Å². The monoisotopic (exact) mass is 494 g/mol. The summed E-state index contributed by atoms with van der Waals surface area (Å²) in [5.41, 5.74) is 1.80. The molecule has 0 spiro atoms. The fraction of sp³-hybridized carbons (Fsp3) is 0.259. The Labute approximate surface area is 210 Å². The number of carbonyl (C=O) groups excluding carboxylic acids is 2. The van der Waals surface area contributed by atoms with E-state index in [2.05, 4.69) is 10.6 Å². The van der Waals surface area contributed by atoms with Gasteiger partial charge in [-0.2, -0.15) is 0 Å². The van der Waals surface area contributed by atoms with Crippen molar-refractivity contribution in [3.8, 4) is 17.2 Å². The minimum Gasteiger partial charge on any atom is -0.494 e. The lowest BCUT2D eigenvalue weighted by Crippen LogP contribution is -2.24. The molecule has 0 aliphatic heterocycles. The summed E-state index contributed by atoms with van der Waals surface area (Å²) >= 11 is 1.45. The van der Waals surface area contributed by atoms with E-state index in [-0.39, 0.29) is 17.1 Å². The van der Waals surface area contributed by atoms with Gasteiger partial charge in [-0.25, -0.2) is 0 Å². The number of ether oxygens (including phenoxy) is 3. The number of methoxy groups -OCH3 is 2. The zero-order valence-electron chi connectivity index (χ0n) is 20.3. The molecule has 184 valence electrons. The molecular formula is C27H30N2O5S. The van der Waals surface area contributed by atoms with Crippen LogP contribution in [0.15, 0.2) is 71.6 Å². The molecule has 1 atom stereocenters. The second kappa shape index (κ2) is 12.7. The Morgan fingerprint density at radius 1 is 0.857 bits per heavy atom. The molecular weight excluding hydrogens is 464 g/mol. The zero-order valence-corrected chi connectivity index (χ0v) is 21.1. The van der Waals surface area contributed by atoms with Gasteiger partial charge in [0, 0.05) is 21.8 Å². The molecule has 7 nitrogen and oxygen atoms in total. The van der Waals surface area contributed by atoms with Crippen molar-refractivity contribution in [3.63, 3.8) is 0 Å². The van der Waals surface area contributed by atoms with Gasteiger partial charge in [-0.1, -0.05) is 13.0 Å². The summed E-state index contributed by atoms with van der Waals surface area (Å²) in [7, 11) is 3.07. The van der Waals surface area contributed by atoms with E-state index in [1.165, 1.54) is 18.9 Å². The molecule has 0 saturated carbocycles. The molecule has 0 heterocycles. The Hall–Kier alpha value is -3.65. The number of amides is 2. The number of thioether (sulfide) groups is 1. The van der Waals surface area contributed by atoms with E-state index >= 15 is 0 Å². The number of benzene rings is 3. The molecule has 8 heteroatoms. The maximum atomic E-state index is 12.9. The van der Waals surface area contributed by atoms with Crippen LogP contribution in [0.25, 0.3) is 0 Å². The van der Waals surface area contributed by atoms with Crippen LogP contribution in [-0.2, 0) is 4.79 Å². The summed E-state index contributed by atoms with van der Waals surface area (Å²) in [5.74, 6) is 1.44. The quantitative estimate of drug-likeness (QED) is 0.325. The van der Waals surface area contributed by atoms with Crippen LogP contribution < -0.4 is 24.8 Å². The molecule has 2 N–H and O–H groups in total. The molecule has 3 aromatic rings. The van der Waals surface area contributed by atoms with Gasteiger partial charge >= 0.3 is 0 Å². The third kappa shape index (κ3) is 7.16. The topological polar surface area (TPSA) is 85.9 Å². The Morgan fingerprint density at radius 3 is 2.26 bits per heavy atom. The second-order valence-corrected chi connectivity index (χ2v) is 8.79. The average Bonchev–Trinajstić information content (AvgIpc) is 2.88. The number of hydrogen-bond donors (Lipinski definition) is 2. The summed E-state index contributed by atoms with van der Waals surface area (Å²) in [5, 5.41) is 5.57. The summed E-state index contributed by atoms with van der Waals surface area (Å²) < 4.78 is 16.0. The Morgan fingerprint density at radius 2 is 1.60 bits per heavy atom. The van der Waals surface area contributed by atoms with Gasteiger partial charge in [0.25, 0.3) is 5.91 Å². The Balaban J connectivity index is 1.65. The largest absolute Gasteiger partial charge is 0.494 e. The van der Waals surface area contributed by atoms with Gasteiger partial charge in [0.1, 0.15) is 5.75 Å². The molecule has 3 rings (SSSR count). The van der Waals surface area contributed by atoms with Crippen LogP contribution in [0.1, 0.15) is 30.6 Å². The molecule has 0 radical (unpaired) electrons. The van der Waals surface area contributed by atoms with Gasteiger partial charge in [-0.15, -0.1) is 11.8 Å². The first-order valence-electron chi connectivity index (χ1n) is 11.3. The lowest BCUT2D eigenvalue weighted by molar-refractivity contribution is -0.115. The zero-order chi connectivity index (χ0) is 25.2. The fourth-order valence-electron chi connectivity index (χ4n) is 3.34. The van der Waals surface area contributed by atoms with Crippen LogP contribution >= 0.6 is 11.8 Å². The number of nitrogens with one attached hydrogen (secondary N) is 2. The third-order valence-corrected chi connectivity index (χ3v) is 6.47. The number of anilines is 2. The van der Waals surface area contributed by atoms with Crippen LogP contribution in [0.5, 0.6) is 17.2 Å². The molecule has 35 heavy (non-hydrogen) atoms. The van der Waals surface area contributed by atoms with E-state index in [1.54, 1.807) is 25.3 Å². The molecule has 0 bridgehead atoms. The fourth-order valence-corrected chi connectivity index (χ4v) is 4.35. The van der Waals surface area contributed by atoms with Crippen LogP contribution in [0.4, 0.5) is 11.4 Å². The minimum atomic E-state index is -0.293. The van der Waals surface area contributed by atoms with Crippen molar-refractivity contribution in [1.29, 1.82) is 0 Å². The van der Waals surface area contributed by atoms with E-state index in [4.69, 9.17) is 14.2 Å². The predicted molar refractivity (Wildman–Crippen MR) is 140 cm³/mol. The normalized spacial score (nSPS) is 11.3. The second-order valence-electron chi connectivity index (χ2n) is 7.51. The number of hydrogen-bond acceptors (Lipinski definition) is 6. The van der Waals surface area contributed by atoms with E-state index in [0.717, 1.165) is 10.6 Å². The molecule has 3 aromatic carbocycles. The Kier molecular flexibility index (Phi) is 9.43. The van der Waals surface area contributed by atoms with Crippen molar-refractivity contribution >= 4 is 35.0 Å². The molecule has 0 fully saturated rings. The molecule has 1 unspecified atom stereocenters. The molecule has 0 saturated heterocycles. The molecule has 0 aliphatic carbocycles. The van der Waals surface area contributed by atoms with Crippen LogP contribution in [0.3, 0.4) is 0 Å². The highest BCUT2D eigenvalue weighted by atomic mass is 32.2. The Bertz CT molecular complexity index is 1150. The lowest BCUT2D eigenvalue weighted by Gasteiger charge is -2.16. The van der Waals surface area contributed by atoms with Crippen molar-refractivity contribution in [3.05, 3.63) is 72.3 Å². The summed E-state index contributed by atoms with van der Waals surface area (Å²) in [6.07, 6.45) is 0.649. The first-order valence-corrected chi connectivity index (χ1v) is 12.2. The molecule has 0 aromatic heterocycles.